The van der Waals surface area contributed by atoms with E-state index in [0.29, 0.717) is 5.69 Å². The predicted molar refractivity (Wildman–Crippen MR) is 66.1 cm³/mol. The van der Waals surface area contributed by atoms with Crippen LogP contribution in [0.25, 0.3) is 0 Å². The molecule has 1 aromatic rings. The molecule has 0 bridgehead atoms. The van der Waals surface area contributed by atoms with Gasteiger partial charge in [-0.2, -0.15) is 0 Å². The zero-order valence-electron chi connectivity index (χ0n) is 8.90. The molecule has 1 aliphatic heterocycles. The van der Waals surface area contributed by atoms with Gasteiger partial charge in [0.15, 0.2) is 5.82 Å². The Morgan fingerprint density at radius 1 is 1.41 bits per heavy atom. The lowest BCUT2D eigenvalue weighted by atomic mass is 10.2. The van der Waals surface area contributed by atoms with Crippen molar-refractivity contribution in [2.45, 2.75) is 18.9 Å². The van der Waals surface area contributed by atoms with Crippen LogP contribution in [0.2, 0.25) is 10.0 Å². The maximum absolute atomic E-state index is 13.2. The summed E-state index contributed by atoms with van der Waals surface area (Å²) < 4.78 is 13.2. The van der Waals surface area contributed by atoms with Crippen LogP contribution >= 0.6 is 23.2 Å². The number of rotatable bonds is 2. The van der Waals surface area contributed by atoms with Crippen LogP contribution in [-0.2, 0) is 4.79 Å². The summed E-state index contributed by atoms with van der Waals surface area (Å²) in [6.07, 6.45) is 1.78. The van der Waals surface area contributed by atoms with Crippen molar-refractivity contribution in [1.29, 1.82) is 0 Å². The second-order valence-corrected chi connectivity index (χ2v) is 4.71. The second-order valence-electron chi connectivity index (χ2n) is 3.89. The van der Waals surface area contributed by atoms with Gasteiger partial charge in [-0.1, -0.05) is 23.2 Å². The summed E-state index contributed by atoms with van der Waals surface area (Å²) in [7, 11) is 0. The van der Waals surface area contributed by atoms with E-state index in [4.69, 9.17) is 23.2 Å². The van der Waals surface area contributed by atoms with Crippen molar-refractivity contribution >= 4 is 34.8 Å². The molecule has 6 heteroatoms. The molecule has 0 saturated carbocycles. The number of benzene rings is 1. The average molecular weight is 277 g/mol. The van der Waals surface area contributed by atoms with E-state index in [1.807, 2.05) is 0 Å². The van der Waals surface area contributed by atoms with E-state index in [2.05, 4.69) is 10.6 Å². The topological polar surface area (TPSA) is 41.1 Å². The van der Waals surface area contributed by atoms with Crippen molar-refractivity contribution in [3.63, 3.8) is 0 Å². The lowest BCUT2D eigenvalue weighted by Crippen LogP contribution is -2.35. The highest BCUT2D eigenvalue weighted by molar-refractivity contribution is 6.35. The minimum absolute atomic E-state index is 0.104. The smallest absolute Gasteiger partial charge is 0.241 e. The zero-order chi connectivity index (χ0) is 12.4. The minimum atomic E-state index is -0.676. The molecular formula is C11H11Cl2FN2O. The number of anilines is 1. The van der Waals surface area contributed by atoms with Gasteiger partial charge in [-0.05, 0) is 31.5 Å². The number of amides is 1. The molecule has 1 atom stereocenters. The molecule has 0 aliphatic carbocycles. The van der Waals surface area contributed by atoms with Crippen molar-refractivity contribution in [3.05, 3.63) is 28.0 Å². The summed E-state index contributed by atoms with van der Waals surface area (Å²) in [6, 6.07) is 2.49. The van der Waals surface area contributed by atoms with Crippen LogP contribution < -0.4 is 10.6 Å². The van der Waals surface area contributed by atoms with Gasteiger partial charge in [0.1, 0.15) is 0 Å². The molecule has 0 radical (unpaired) electrons. The summed E-state index contributed by atoms with van der Waals surface area (Å²) in [6.45, 7) is 0.836. The Labute approximate surface area is 108 Å². The number of hydrogen-bond donors (Lipinski definition) is 2. The van der Waals surface area contributed by atoms with E-state index in [1.54, 1.807) is 0 Å². The lowest BCUT2D eigenvalue weighted by molar-refractivity contribution is -0.117. The summed E-state index contributed by atoms with van der Waals surface area (Å²) in [5.41, 5.74) is 0.403. The first kappa shape index (κ1) is 12.6. The molecule has 1 aromatic carbocycles. The Morgan fingerprint density at radius 2 is 2.06 bits per heavy atom. The largest absolute Gasteiger partial charge is 0.325 e. The van der Waals surface area contributed by atoms with Gasteiger partial charge in [-0.3, -0.25) is 4.79 Å². The molecule has 0 aromatic heterocycles. The highest BCUT2D eigenvalue weighted by Crippen LogP contribution is 2.27. The summed E-state index contributed by atoms with van der Waals surface area (Å²) in [5.74, 6) is -0.827. The summed E-state index contributed by atoms with van der Waals surface area (Å²) in [4.78, 5) is 11.8. The Morgan fingerprint density at radius 3 is 2.59 bits per heavy atom. The van der Waals surface area contributed by atoms with Crippen LogP contribution in [0.4, 0.5) is 10.1 Å². The summed E-state index contributed by atoms with van der Waals surface area (Å²) >= 11 is 11.3. The standard InChI is InChI=1S/C11H11Cl2FN2O/c12-7-4-6(5-8(13)10(7)14)16-11(17)9-2-1-3-15-9/h4-5,9,15H,1-3H2,(H,16,17)/t9-/m0/s1. The molecule has 1 fully saturated rings. The van der Waals surface area contributed by atoms with E-state index in [1.165, 1.54) is 12.1 Å². The van der Waals surface area contributed by atoms with E-state index in [-0.39, 0.29) is 22.0 Å². The van der Waals surface area contributed by atoms with Crippen LogP contribution in [0.5, 0.6) is 0 Å². The van der Waals surface area contributed by atoms with Gasteiger partial charge in [0.05, 0.1) is 16.1 Å². The van der Waals surface area contributed by atoms with Crippen LogP contribution in [0.3, 0.4) is 0 Å². The highest BCUT2D eigenvalue weighted by Gasteiger charge is 2.22. The van der Waals surface area contributed by atoms with Gasteiger partial charge in [-0.25, -0.2) is 4.39 Å². The molecule has 0 spiro atoms. The minimum Gasteiger partial charge on any atom is -0.325 e. The number of halogens is 3. The molecule has 17 heavy (non-hydrogen) atoms. The third kappa shape index (κ3) is 2.89. The van der Waals surface area contributed by atoms with Crippen LogP contribution in [-0.4, -0.2) is 18.5 Å². The summed E-state index contributed by atoms with van der Waals surface area (Å²) in [5, 5.41) is 5.51. The molecule has 2 rings (SSSR count). The Hall–Kier alpha value is -0.840. The number of carbonyl (C=O) groups excluding carboxylic acids is 1. The fourth-order valence-corrected chi connectivity index (χ4v) is 2.25. The molecule has 1 aliphatic rings. The first-order chi connectivity index (χ1) is 8.08. The predicted octanol–water partition coefficient (Wildman–Crippen LogP) is 2.82. The SMILES string of the molecule is O=C(Nc1cc(Cl)c(F)c(Cl)c1)[C@@H]1CCCN1. The third-order valence-electron chi connectivity index (χ3n) is 2.63. The van der Waals surface area contributed by atoms with Gasteiger partial charge in [0, 0.05) is 5.69 Å². The Bertz CT molecular complexity index is 424. The lowest BCUT2D eigenvalue weighted by Gasteiger charge is -2.11. The average Bonchev–Trinajstić information content (AvgIpc) is 2.79. The molecule has 0 unspecified atom stereocenters. The van der Waals surface area contributed by atoms with Crippen LogP contribution in [0.1, 0.15) is 12.8 Å². The normalized spacial score (nSPS) is 19.4. The number of nitrogens with one attached hydrogen (secondary N) is 2. The Balaban J connectivity index is 2.10. The number of carbonyl (C=O) groups is 1. The highest BCUT2D eigenvalue weighted by atomic mass is 35.5. The zero-order valence-corrected chi connectivity index (χ0v) is 10.4. The second kappa shape index (κ2) is 5.21. The van der Waals surface area contributed by atoms with Crippen molar-refractivity contribution in [2.24, 2.45) is 0 Å². The van der Waals surface area contributed by atoms with E-state index >= 15 is 0 Å². The van der Waals surface area contributed by atoms with Crippen LogP contribution in [0.15, 0.2) is 12.1 Å². The molecule has 1 heterocycles. The monoisotopic (exact) mass is 276 g/mol. The molecular weight excluding hydrogens is 266 g/mol. The first-order valence-electron chi connectivity index (χ1n) is 5.26. The molecule has 2 N–H and O–H groups in total. The maximum Gasteiger partial charge on any atom is 0.241 e. The van der Waals surface area contributed by atoms with Gasteiger partial charge in [-0.15, -0.1) is 0 Å². The molecule has 1 amide bonds. The number of hydrogen-bond acceptors (Lipinski definition) is 2. The van der Waals surface area contributed by atoms with E-state index in [0.717, 1.165) is 19.4 Å². The Kier molecular flexibility index (Phi) is 3.86. The molecule has 92 valence electrons. The first-order valence-corrected chi connectivity index (χ1v) is 6.02. The van der Waals surface area contributed by atoms with Crippen LogP contribution in [0, 0.1) is 5.82 Å². The molecule has 3 nitrogen and oxygen atoms in total. The van der Waals surface area contributed by atoms with Gasteiger partial charge >= 0.3 is 0 Å². The van der Waals surface area contributed by atoms with Crippen molar-refractivity contribution in [1.82, 2.24) is 5.32 Å². The van der Waals surface area contributed by atoms with Crippen molar-refractivity contribution in [2.75, 3.05) is 11.9 Å². The fraction of sp³-hybridized carbons (Fsp3) is 0.364. The molecule has 1 saturated heterocycles. The van der Waals surface area contributed by atoms with E-state index < -0.39 is 5.82 Å². The van der Waals surface area contributed by atoms with E-state index in [9.17, 15) is 9.18 Å². The maximum atomic E-state index is 13.2. The third-order valence-corrected chi connectivity index (χ3v) is 3.18. The van der Waals surface area contributed by atoms with Gasteiger partial charge < -0.3 is 10.6 Å². The quantitative estimate of drug-likeness (QED) is 0.816. The van der Waals surface area contributed by atoms with Gasteiger partial charge in [0.2, 0.25) is 5.91 Å². The van der Waals surface area contributed by atoms with Crippen molar-refractivity contribution in [3.8, 4) is 0 Å². The van der Waals surface area contributed by atoms with Crippen molar-refractivity contribution < 1.29 is 9.18 Å². The van der Waals surface area contributed by atoms with Gasteiger partial charge in [0.25, 0.3) is 0 Å². The fourth-order valence-electron chi connectivity index (χ4n) is 1.77.